The van der Waals surface area contributed by atoms with E-state index in [1.807, 2.05) is 18.2 Å². The summed E-state index contributed by atoms with van der Waals surface area (Å²) in [7, 11) is 0. The van der Waals surface area contributed by atoms with E-state index in [1.165, 1.54) is 24.8 Å². The molecule has 0 saturated carbocycles. The number of hydrogen-bond donors (Lipinski definition) is 1. The van der Waals surface area contributed by atoms with Gasteiger partial charge in [0.1, 0.15) is 0 Å². The van der Waals surface area contributed by atoms with Crippen molar-refractivity contribution in [3.63, 3.8) is 0 Å². The Hall–Kier alpha value is -1.35. The van der Waals surface area contributed by atoms with E-state index >= 15 is 0 Å². The Labute approximate surface area is 147 Å². The molecule has 136 valence electrons. The summed E-state index contributed by atoms with van der Waals surface area (Å²) in [5.41, 5.74) is 1.23. The van der Waals surface area contributed by atoms with Crippen LogP contribution >= 0.6 is 0 Å². The van der Waals surface area contributed by atoms with Crippen LogP contribution in [0.5, 0.6) is 0 Å². The maximum absolute atomic E-state index is 10.9. The predicted octanol–water partition coefficient (Wildman–Crippen LogP) is 5.68. The third-order valence-corrected chi connectivity index (χ3v) is 4.28. The SMILES string of the molecule is CC(C)CC(CCCCCCCOCc1ccccc1)CC(=O)O. The number of hydrogen-bond acceptors (Lipinski definition) is 2. The molecule has 0 aliphatic rings. The maximum Gasteiger partial charge on any atom is 0.303 e. The molecule has 0 spiro atoms. The molecule has 0 aromatic heterocycles. The van der Waals surface area contributed by atoms with Gasteiger partial charge in [0, 0.05) is 13.0 Å². The second kappa shape index (κ2) is 13.0. The lowest BCUT2D eigenvalue weighted by Crippen LogP contribution is -2.10. The Morgan fingerprint density at radius 2 is 1.71 bits per heavy atom. The van der Waals surface area contributed by atoms with Crippen molar-refractivity contribution in [2.24, 2.45) is 11.8 Å². The Bertz CT molecular complexity index is 428. The molecule has 0 fully saturated rings. The van der Waals surface area contributed by atoms with E-state index in [-0.39, 0.29) is 0 Å². The van der Waals surface area contributed by atoms with E-state index in [9.17, 15) is 4.79 Å². The first-order chi connectivity index (χ1) is 11.6. The van der Waals surface area contributed by atoms with Crippen LogP contribution < -0.4 is 0 Å². The van der Waals surface area contributed by atoms with Gasteiger partial charge in [-0.15, -0.1) is 0 Å². The van der Waals surface area contributed by atoms with E-state index in [0.717, 1.165) is 32.3 Å². The van der Waals surface area contributed by atoms with Crippen molar-refractivity contribution < 1.29 is 14.6 Å². The minimum atomic E-state index is -0.656. The van der Waals surface area contributed by atoms with Gasteiger partial charge in [0.25, 0.3) is 0 Å². The van der Waals surface area contributed by atoms with Gasteiger partial charge in [-0.05, 0) is 36.7 Å². The fraction of sp³-hybridized carbons (Fsp3) is 0.667. The lowest BCUT2D eigenvalue weighted by Gasteiger charge is -2.16. The van der Waals surface area contributed by atoms with Crippen LogP contribution in [0.2, 0.25) is 0 Å². The zero-order valence-electron chi connectivity index (χ0n) is 15.4. The summed E-state index contributed by atoms with van der Waals surface area (Å²) in [5.74, 6) is 0.268. The van der Waals surface area contributed by atoms with E-state index in [2.05, 4.69) is 26.0 Å². The van der Waals surface area contributed by atoms with Gasteiger partial charge >= 0.3 is 5.97 Å². The Morgan fingerprint density at radius 1 is 1.04 bits per heavy atom. The van der Waals surface area contributed by atoms with E-state index in [0.29, 0.717) is 24.9 Å². The van der Waals surface area contributed by atoms with Crippen LogP contribution in [-0.4, -0.2) is 17.7 Å². The predicted molar refractivity (Wildman–Crippen MR) is 99.0 cm³/mol. The molecule has 3 heteroatoms. The van der Waals surface area contributed by atoms with Crippen molar-refractivity contribution in [1.82, 2.24) is 0 Å². The van der Waals surface area contributed by atoms with Gasteiger partial charge in [0.2, 0.25) is 0 Å². The number of carbonyl (C=O) groups is 1. The third-order valence-electron chi connectivity index (χ3n) is 4.28. The molecular weight excluding hydrogens is 300 g/mol. The van der Waals surface area contributed by atoms with Crippen molar-refractivity contribution in [1.29, 1.82) is 0 Å². The number of ether oxygens (including phenoxy) is 1. The minimum absolute atomic E-state index is 0.325. The fourth-order valence-electron chi connectivity index (χ4n) is 3.15. The van der Waals surface area contributed by atoms with E-state index in [4.69, 9.17) is 9.84 Å². The highest BCUT2D eigenvalue weighted by atomic mass is 16.5. The number of unbranched alkanes of at least 4 members (excludes halogenated alkanes) is 4. The molecule has 1 unspecified atom stereocenters. The van der Waals surface area contributed by atoms with Gasteiger partial charge in [-0.25, -0.2) is 0 Å². The summed E-state index contributed by atoms with van der Waals surface area (Å²) in [6.07, 6.45) is 8.28. The summed E-state index contributed by atoms with van der Waals surface area (Å²) >= 11 is 0. The zero-order chi connectivity index (χ0) is 17.6. The second-order valence-corrected chi connectivity index (χ2v) is 7.19. The molecule has 1 atom stereocenters. The largest absolute Gasteiger partial charge is 0.481 e. The lowest BCUT2D eigenvalue weighted by molar-refractivity contribution is -0.138. The number of carboxylic acid groups (broad SMARTS) is 1. The highest BCUT2D eigenvalue weighted by Crippen LogP contribution is 2.22. The van der Waals surface area contributed by atoms with Gasteiger partial charge in [0.05, 0.1) is 6.61 Å². The van der Waals surface area contributed by atoms with Crippen LogP contribution in [0, 0.1) is 11.8 Å². The molecule has 1 rings (SSSR count). The quantitative estimate of drug-likeness (QED) is 0.445. The van der Waals surface area contributed by atoms with Crippen LogP contribution in [-0.2, 0) is 16.1 Å². The molecule has 0 radical (unpaired) electrons. The van der Waals surface area contributed by atoms with Crippen LogP contribution in [0.1, 0.15) is 70.8 Å². The Balaban J connectivity index is 1.97. The van der Waals surface area contributed by atoms with Crippen molar-refractivity contribution in [2.75, 3.05) is 6.61 Å². The molecule has 0 saturated heterocycles. The third kappa shape index (κ3) is 11.2. The average molecular weight is 335 g/mol. The van der Waals surface area contributed by atoms with Crippen LogP contribution in [0.25, 0.3) is 0 Å². The smallest absolute Gasteiger partial charge is 0.303 e. The molecule has 0 aliphatic heterocycles. The molecule has 1 N–H and O–H groups in total. The van der Waals surface area contributed by atoms with Gasteiger partial charge in [-0.2, -0.15) is 0 Å². The van der Waals surface area contributed by atoms with Crippen molar-refractivity contribution >= 4 is 5.97 Å². The van der Waals surface area contributed by atoms with Crippen LogP contribution in [0.15, 0.2) is 30.3 Å². The van der Waals surface area contributed by atoms with Gasteiger partial charge < -0.3 is 9.84 Å². The number of aliphatic carboxylic acids is 1. The van der Waals surface area contributed by atoms with E-state index in [1.54, 1.807) is 0 Å². The molecule has 0 amide bonds. The fourth-order valence-corrected chi connectivity index (χ4v) is 3.15. The molecule has 1 aromatic carbocycles. The first-order valence-electron chi connectivity index (χ1n) is 9.41. The number of rotatable bonds is 14. The Kier molecular flexibility index (Phi) is 11.2. The number of benzene rings is 1. The summed E-state index contributed by atoms with van der Waals surface area (Å²) in [6, 6.07) is 10.3. The van der Waals surface area contributed by atoms with E-state index < -0.39 is 5.97 Å². The highest BCUT2D eigenvalue weighted by Gasteiger charge is 2.14. The van der Waals surface area contributed by atoms with Crippen LogP contribution in [0.3, 0.4) is 0 Å². The van der Waals surface area contributed by atoms with Crippen molar-refractivity contribution in [3.8, 4) is 0 Å². The summed E-state index contributed by atoms with van der Waals surface area (Å²) < 4.78 is 5.69. The first-order valence-corrected chi connectivity index (χ1v) is 9.41. The van der Waals surface area contributed by atoms with Gasteiger partial charge in [-0.3, -0.25) is 4.79 Å². The molecule has 0 bridgehead atoms. The van der Waals surface area contributed by atoms with Crippen molar-refractivity contribution in [3.05, 3.63) is 35.9 Å². The molecule has 0 aliphatic carbocycles. The molecule has 0 heterocycles. The standard InChI is InChI=1S/C21H34O3/c1-18(2)15-20(16-21(22)23)13-7-4-3-5-10-14-24-17-19-11-8-6-9-12-19/h6,8-9,11-12,18,20H,3-5,7,10,13-17H2,1-2H3,(H,22,23). The maximum atomic E-state index is 10.9. The highest BCUT2D eigenvalue weighted by molar-refractivity contribution is 5.66. The first kappa shape index (κ1) is 20.7. The molecule has 1 aromatic rings. The Morgan fingerprint density at radius 3 is 2.38 bits per heavy atom. The summed E-state index contributed by atoms with van der Waals surface area (Å²) in [4.78, 5) is 10.9. The minimum Gasteiger partial charge on any atom is -0.481 e. The summed E-state index contributed by atoms with van der Waals surface area (Å²) in [6.45, 7) is 5.87. The molecule has 3 nitrogen and oxygen atoms in total. The van der Waals surface area contributed by atoms with Gasteiger partial charge in [-0.1, -0.05) is 69.9 Å². The summed E-state index contributed by atoms with van der Waals surface area (Å²) in [5, 5.41) is 8.99. The van der Waals surface area contributed by atoms with Crippen molar-refractivity contribution in [2.45, 2.75) is 71.8 Å². The van der Waals surface area contributed by atoms with Gasteiger partial charge in [0.15, 0.2) is 0 Å². The molecule has 24 heavy (non-hydrogen) atoms. The topological polar surface area (TPSA) is 46.5 Å². The van der Waals surface area contributed by atoms with Crippen LogP contribution in [0.4, 0.5) is 0 Å². The zero-order valence-corrected chi connectivity index (χ0v) is 15.4. The lowest BCUT2D eigenvalue weighted by atomic mass is 9.89. The second-order valence-electron chi connectivity index (χ2n) is 7.19. The average Bonchev–Trinajstić information content (AvgIpc) is 2.53. The normalized spacial score (nSPS) is 12.5. The number of carboxylic acids is 1. The monoisotopic (exact) mass is 334 g/mol. The molecular formula is C21H34O3.